The zero-order chi connectivity index (χ0) is 22.0. The zero-order valence-electron chi connectivity index (χ0n) is 17.2. The number of hydrogen-bond acceptors (Lipinski definition) is 5. The predicted molar refractivity (Wildman–Crippen MR) is 116 cm³/mol. The molecule has 4 aromatic rings. The van der Waals surface area contributed by atoms with Gasteiger partial charge in [-0.2, -0.15) is 5.26 Å². The highest BCUT2D eigenvalue weighted by Crippen LogP contribution is 2.30. The van der Waals surface area contributed by atoms with E-state index in [2.05, 4.69) is 16.0 Å². The number of carbonyl (C=O) groups is 1. The standard InChI is InChI=1S/C24H21N3O4/c1-14(2)31-22-7-4-16(10-18(22)12-25)24-27-21(13-30-24)15-3-6-20-17(9-15)11-19(26-20)5-8-23(28)29/h3-4,6-7,9-11,13-14,26H,5,8H2,1-2H3,(H,28,29). The number of nitrogens with zero attached hydrogens (tertiary/aromatic N) is 2. The Bertz CT molecular complexity index is 1290. The number of rotatable bonds is 7. The van der Waals surface area contributed by atoms with Crippen molar-refractivity contribution in [3.05, 3.63) is 60.0 Å². The average Bonchev–Trinajstić information content (AvgIpc) is 3.38. The topological polar surface area (TPSA) is 112 Å². The maximum Gasteiger partial charge on any atom is 0.303 e. The number of aromatic amines is 1. The van der Waals surface area contributed by atoms with Crippen molar-refractivity contribution < 1.29 is 19.1 Å². The first-order valence-electron chi connectivity index (χ1n) is 9.93. The van der Waals surface area contributed by atoms with E-state index >= 15 is 0 Å². The highest BCUT2D eigenvalue weighted by Gasteiger charge is 2.13. The number of nitriles is 1. The van der Waals surface area contributed by atoms with E-state index in [4.69, 9.17) is 14.3 Å². The van der Waals surface area contributed by atoms with Gasteiger partial charge in [-0.1, -0.05) is 6.07 Å². The first kappa shape index (κ1) is 20.2. The van der Waals surface area contributed by atoms with Gasteiger partial charge >= 0.3 is 5.97 Å². The monoisotopic (exact) mass is 415 g/mol. The van der Waals surface area contributed by atoms with E-state index in [1.54, 1.807) is 18.4 Å². The normalized spacial score (nSPS) is 11.0. The number of aliphatic carboxylic acids is 1. The van der Waals surface area contributed by atoms with Gasteiger partial charge in [0.05, 0.1) is 18.1 Å². The van der Waals surface area contributed by atoms with E-state index in [0.29, 0.717) is 34.9 Å². The maximum absolute atomic E-state index is 10.8. The van der Waals surface area contributed by atoms with Gasteiger partial charge in [-0.05, 0) is 56.7 Å². The van der Waals surface area contributed by atoms with Crippen molar-refractivity contribution in [3.8, 4) is 34.5 Å². The number of nitrogens with one attached hydrogen (secondary N) is 1. The average molecular weight is 415 g/mol. The molecule has 156 valence electrons. The van der Waals surface area contributed by atoms with Gasteiger partial charge in [0.1, 0.15) is 23.8 Å². The summed E-state index contributed by atoms with van der Waals surface area (Å²) < 4.78 is 11.3. The van der Waals surface area contributed by atoms with Gasteiger partial charge in [0.2, 0.25) is 5.89 Å². The number of aromatic nitrogens is 2. The summed E-state index contributed by atoms with van der Waals surface area (Å²) in [6.07, 6.45) is 2.08. The first-order chi connectivity index (χ1) is 14.9. The number of carboxylic acid groups (broad SMARTS) is 1. The molecule has 2 aromatic heterocycles. The molecule has 7 heteroatoms. The van der Waals surface area contributed by atoms with Crippen LogP contribution in [0.15, 0.2) is 53.1 Å². The minimum absolute atomic E-state index is 0.0284. The summed E-state index contributed by atoms with van der Waals surface area (Å²) in [5.74, 6) is 0.126. The van der Waals surface area contributed by atoms with Crippen molar-refractivity contribution in [2.24, 2.45) is 0 Å². The van der Waals surface area contributed by atoms with Gasteiger partial charge in [0.15, 0.2) is 0 Å². The van der Waals surface area contributed by atoms with Crippen molar-refractivity contribution in [2.45, 2.75) is 32.8 Å². The van der Waals surface area contributed by atoms with E-state index in [-0.39, 0.29) is 12.5 Å². The van der Waals surface area contributed by atoms with Crippen molar-refractivity contribution >= 4 is 16.9 Å². The van der Waals surface area contributed by atoms with Crippen LogP contribution in [-0.2, 0) is 11.2 Å². The molecule has 2 heterocycles. The second-order valence-electron chi connectivity index (χ2n) is 7.52. The Morgan fingerprint density at radius 3 is 2.77 bits per heavy atom. The molecule has 0 unspecified atom stereocenters. The van der Waals surface area contributed by atoms with Crippen LogP contribution in [0.2, 0.25) is 0 Å². The van der Waals surface area contributed by atoms with Crippen molar-refractivity contribution in [2.75, 3.05) is 0 Å². The number of hydrogen-bond donors (Lipinski definition) is 2. The fraction of sp³-hybridized carbons (Fsp3) is 0.208. The SMILES string of the molecule is CC(C)Oc1ccc(-c2nc(-c3ccc4[nH]c(CCC(=O)O)cc4c3)co2)cc1C#N. The summed E-state index contributed by atoms with van der Waals surface area (Å²) in [6.45, 7) is 3.82. The van der Waals surface area contributed by atoms with E-state index in [1.165, 1.54) is 0 Å². The highest BCUT2D eigenvalue weighted by atomic mass is 16.5. The van der Waals surface area contributed by atoms with Gasteiger partial charge in [0, 0.05) is 27.7 Å². The molecule has 0 amide bonds. The zero-order valence-corrected chi connectivity index (χ0v) is 17.2. The number of fused-ring (bicyclic) bond motifs is 1. The van der Waals surface area contributed by atoms with Crippen LogP contribution in [0.1, 0.15) is 31.5 Å². The predicted octanol–water partition coefficient (Wildman–Crippen LogP) is 5.17. The number of benzene rings is 2. The number of aryl methyl sites for hydroxylation is 1. The van der Waals surface area contributed by atoms with Gasteiger partial charge in [0.25, 0.3) is 0 Å². The molecule has 0 spiro atoms. The highest BCUT2D eigenvalue weighted by molar-refractivity contribution is 5.85. The minimum atomic E-state index is -0.821. The Morgan fingerprint density at radius 1 is 1.23 bits per heavy atom. The van der Waals surface area contributed by atoms with E-state index in [9.17, 15) is 10.1 Å². The molecule has 7 nitrogen and oxygen atoms in total. The van der Waals surface area contributed by atoms with Gasteiger partial charge in [-0.25, -0.2) is 4.98 Å². The summed E-state index contributed by atoms with van der Waals surface area (Å²) in [7, 11) is 0. The largest absolute Gasteiger partial charge is 0.490 e. The third-order valence-electron chi connectivity index (χ3n) is 4.79. The molecule has 0 saturated heterocycles. The fourth-order valence-corrected chi connectivity index (χ4v) is 3.37. The first-order valence-corrected chi connectivity index (χ1v) is 9.93. The van der Waals surface area contributed by atoms with Gasteiger partial charge in [-0.3, -0.25) is 4.79 Å². The van der Waals surface area contributed by atoms with Crippen LogP contribution in [0.25, 0.3) is 33.6 Å². The third kappa shape index (κ3) is 4.43. The Labute approximate surface area is 178 Å². The molecule has 0 saturated carbocycles. The molecule has 0 radical (unpaired) electrons. The lowest BCUT2D eigenvalue weighted by molar-refractivity contribution is -0.136. The number of oxazole rings is 1. The maximum atomic E-state index is 10.8. The molecule has 0 atom stereocenters. The molecule has 0 aliphatic heterocycles. The summed E-state index contributed by atoms with van der Waals surface area (Å²) in [6, 6.07) is 15.2. The smallest absolute Gasteiger partial charge is 0.303 e. The third-order valence-corrected chi connectivity index (χ3v) is 4.79. The molecule has 0 aliphatic rings. The molecule has 2 N–H and O–H groups in total. The van der Waals surface area contributed by atoms with Crippen molar-refractivity contribution in [1.29, 1.82) is 5.26 Å². The quantitative estimate of drug-likeness (QED) is 0.431. The van der Waals surface area contributed by atoms with Gasteiger partial charge in [-0.15, -0.1) is 0 Å². The summed E-state index contributed by atoms with van der Waals surface area (Å²) in [5.41, 5.74) is 4.49. The lowest BCUT2D eigenvalue weighted by Gasteiger charge is -2.11. The van der Waals surface area contributed by atoms with Crippen LogP contribution in [0.5, 0.6) is 5.75 Å². The minimum Gasteiger partial charge on any atom is -0.490 e. The Morgan fingerprint density at radius 2 is 2.03 bits per heavy atom. The molecule has 0 aliphatic carbocycles. The van der Waals surface area contributed by atoms with Gasteiger partial charge < -0.3 is 19.2 Å². The van der Waals surface area contributed by atoms with Crippen molar-refractivity contribution in [3.63, 3.8) is 0 Å². The summed E-state index contributed by atoms with van der Waals surface area (Å²) >= 11 is 0. The van der Waals surface area contributed by atoms with E-state index < -0.39 is 5.97 Å². The van der Waals surface area contributed by atoms with Crippen LogP contribution in [0.3, 0.4) is 0 Å². The Hall–Kier alpha value is -4.05. The van der Waals surface area contributed by atoms with E-state index in [0.717, 1.165) is 22.2 Å². The van der Waals surface area contributed by atoms with E-state index in [1.807, 2.05) is 44.2 Å². The lowest BCUT2D eigenvalue weighted by atomic mass is 10.1. The summed E-state index contributed by atoms with van der Waals surface area (Å²) in [4.78, 5) is 18.6. The second-order valence-corrected chi connectivity index (χ2v) is 7.52. The number of ether oxygens (including phenoxy) is 1. The molecule has 0 fully saturated rings. The van der Waals surface area contributed by atoms with Crippen LogP contribution < -0.4 is 4.74 Å². The van der Waals surface area contributed by atoms with Crippen LogP contribution >= 0.6 is 0 Å². The molecule has 0 bridgehead atoms. The molecule has 31 heavy (non-hydrogen) atoms. The number of carboxylic acids is 1. The van der Waals surface area contributed by atoms with Crippen LogP contribution in [0, 0.1) is 11.3 Å². The summed E-state index contributed by atoms with van der Waals surface area (Å²) in [5, 5.41) is 19.3. The molecular formula is C24H21N3O4. The van der Waals surface area contributed by atoms with Crippen molar-refractivity contribution in [1.82, 2.24) is 9.97 Å². The fourth-order valence-electron chi connectivity index (χ4n) is 3.37. The Kier molecular flexibility index (Phi) is 5.46. The second kappa shape index (κ2) is 8.36. The Balaban J connectivity index is 1.60. The van der Waals surface area contributed by atoms with Crippen LogP contribution in [-0.4, -0.2) is 27.1 Å². The lowest BCUT2D eigenvalue weighted by Crippen LogP contribution is -2.06. The molecule has 4 rings (SSSR count). The van der Waals surface area contributed by atoms with Crippen LogP contribution in [0.4, 0.5) is 0 Å². The molecule has 2 aromatic carbocycles. The molecular weight excluding hydrogens is 394 g/mol. The number of H-pyrrole nitrogens is 1.